The molecule has 1 N–H and O–H groups in total. The minimum Gasteiger partial charge on any atom is -0.494 e. The fourth-order valence-electron chi connectivity index (χ4n) is 2.70. The number of nitro benzene ring substituents is 1. The normalized spacial score (nSPS) is 10.4. The molecule has 162 valence electrons. The molecule has 0 aliphatic rings. The number of hydrogen-bond donors (Lipinski definition) is 1. The number of anilines is 1. The van der Waals surface area contributed by atoms with Crippen molar-refractivity contribution in [2.45, 2.75) is 20.0 Å². The Balaban J connectivity index is 1.85. The van der Waals surface area contributed by atoms with Crippen molar-refractivity contribution in [2.75, 3.05) is 19.0 Å². The van der Waals surface area contributed by atoms with Gasteiger partial charge in [0.25, 0.3) is 11.6 Å². The first-order valence-corrected chi connectivity index (χ1v) is 10.4. The summed E-state index contributed by atoms with van der Waals surface area (Å²) in [6.45, 7) is 2.65. The van der Waals surface area contributed by atoms with Gasteiger partial charge in [0.2, 0.25) is 0 Å². The molecule has 0 aliphatic heterocycles. The van der Waals surface area contributed by atoms with Crippen molar-refractivity contribution in [3.8, 4) is 17.2 Å². The molecule has 0 aliphatic carbocycles. The molecule has 1 heterocycles. The van der Waals surface area contributed by atoms with E-state index in [4.69, 9.17) is 14.2 Å². The largest absolute Gasteiger partial charge is 0.494 e. The van der Waals surface area contributed by atoms with Crippen molar-refractivity contribution in [1.29, 1.82) is 0 Å². The number of nitro groups is 1. The van der Waals surface area contributed by atoms with E-state index in [1.165, 1.54) is 30.6 Å². The number of aromatic nitrogens is 1. The maximum Gasteiger partial charge on any atom is 0.286 e. The number of hydrogen-bond acceptors (Lipinski definition) is 8. The molecule has 3 rings (SSSR count). The molecule has 0 bridgehead atoms. The van der Waals surface area contributed by atoms with Crippen LogP contribution in [0.3, 0.4) is 0 Å². The lowest BCUT2D eigenvalue weighted by atomic mass is 10.1. The van der Waals surface area contributed by atoms with Gasteiger partial charge in [0.05, 0.1) is 35.9 Å². The summed E-state index contributed by atoms with van der Waals surface area (Å²) in [4.78, 5) is 27.9. The molecule has 0 atom stereocenters. The average molecular weight is 443 g/mol. The first-order chi connectivity index (χ1) is 15.0. The maximum absolute atomic E-state index is 12.8. The van der Waals surface area contributed by atoms with E-state index in [2.05, 4.69) is 10.3 Å². The Morgan fingerprint density at radius 1 is 1.23 bits per heavy atom. The predicted octanol–water partition coefficient (Wildman–Crippen LogP) is 4.68. The third kappa shape index (κ3) is 5.70. The maximum atomic E-state index is 12.8. The molecule has 9 nitrogen and oxygen atoms in total. The van der Waals surface area contributed by atoms with Crippen LogP contribution in [0.4, 0.5) is 11.4 Å². The van der Waals surface area contributed by atoms with Gasteiger partial charge in [0, 0.05) is 23.2 Å². The summed E-state index contributed by atoms with van der Waals surface area (Å²) < 4.78 is 16.5. The highest BCUT2D eigenvalue weighted by atomic mass is 32.1. The van der Waals surface area contributed by atoms with Gasteiger partial charge in [-0.05, 0) is 18.6 Å². The molecule has 31 heavy (non-hydrogen) atoms. The summed E-state index contributed by atoms with van der Waals surface area (Å²) in [6.07, 6.45) is 0.847. The van der Waals surface area contributed by atoms with Crippen molar-refractivity contribution in [2.24, 2.45) is 0 Å². The monoisotopic (exact) mass is 443 g/mol. The number of carbonyl (C=O) groups excluding carboxylic acids is 1. The van der Waals surface area contributed by atoms with Gasteiger partial charge in [-0.2, -0.15) is 0 Å². The summed E-state index contributed by atoms with van der Waals surface area (Å²) in [5, 5.41) is 16.1. The van der Waals surface area contributed by atoms with Gasteiger partial charge in [0.1, 0.15) is 17.9 Å². The average Bonchev–Trinajstić information content (AvgIpc) is 3.29. The zero-order valence-corrected chi connectivity index (χ0v) is 17.8. The topological polar surface area (TPSA) is 113 Å². The van der Waals surface area contributed by atoms with Crippen molar-refractivity contribution in [3.63, 3.8) is 0 Å². The van der Waals surface area contributed by atoms with Gasteiger partial charge in [-0.3, -0.25) is 14.9 Å². The van der Waals surface area contributed by atoms with Crippen molar-refractivity contribution >= 4 is 28.6 Å². The number of thiazole rings is 1. The zero-order valence-electron chi connectivity index (χ0n) is 17.0. The van der Waals surface area contributed by atoms with E-state index in [9.17, 15) is 14.9 Å². The summed E-state index contributed by atoms with van der Waals surface area (Å²) in [7, 11) is 1.40. The zero-order chi connectivity index (χ0) is 22.2. The van der Waals surface area contributed by atoms with E-state index in [0.29, 0.717) is 23.7 Å². The van der Waals surface area contributed by atoms with Crippen LogP contribution < -0.4 is 19.5 Å². The van der Waals surface area contributed by atoms with Gasteiger partial charge < -0.3 is 19.5 Å². The molecule has 2 aromatic carbocycles. The molecule has 0 radical (unpaired) electrons. The summed E-state index contributed by atoms with van der Waals surface area (Å²) in [6, 6.07) is 9.30. The fraction of sp³-hybridized carbons (Fsp3) is 0.238. The fourth-order valence-corrected chi connectivity index (χ4v) is 3.24. The lowest BCUT2D eigenvalue weighted by Gasteiger charge is -2.13. The molecule has 3 aromatic rings. The van der Waals surface area contributed by atoms with Crippen LogP contribution in [0.1, 0.15) is 29.4 Å². The molecule has 0 fully saturated rings. The Kier molecular flexibility index (Phi) is 7.39. The van der Waals surface area contributed by atoms with E-state index >= 15 is 0 Å². The highest BCUT2D eigenvalue weighted by Gasteiger charge is 2.25. The Morgan fingerprint density at radius 2 is 2.06 bits per heavy atom. The predicted molar refractivity (Wildman–Crippen MR) is 116 cm³/mol. The molecule has 0 unspecified atom stereocenters. The van der Waals surface area contributed by atoms with Gasteiger partial charge in [0.15, 0.2) is 11.5 Å². The number of benzene rings is 2. The molecule has 0 saturated carbocycles. The highest BCUT2D eigenvalue weighted by molar-refractivity contribution is 7.07. The number of ether oxygens (including phenoxy) is 3. The summed E-state index contributed by atoms with van der Waals surface area (Å²) >= 11 is 1.41. The second-order valence-electron chi connectivity index (χ2n) is 6.38. The number of rotatable bonds is 10. The van der Waals surface area contributed by atoms with Gasteiger partial charge in [-0.25, -0.2) is 4.98 Å². The quantitative estimate of drug-likeness (QED) is 0.357. The van der Waals surface area contributed by atoms with E-state index in [1.54, 1.807) is 35.2 Å². The van der Waals surface area contributed by atoms with Crippen LogP contribution in [0, 0.1) is 10.1 Å². The van der Waals surface area contributed by atoms with Crippen LogP contribution in [-0.4, -0.2) is 29.5 Å². The molecule has 0 spiro atoms. The van der Waals surface area contributed by atoms with Crippen molar-refractivity contribution in [3.05, 3.63) is 68.7 Å². The standard InChI is InChI=1S/C21H21N3O6S/c1-3-7-29-16-6-4-5-14(8-16)23-21(25)17-9-19(28-2)20(10-18(17)24(26)27)30-11-15-12-31-13-22-15/h4-6,8-10,12-13H,3,7,11H2,1-2H3,(H,23,25). The van der Waals surface area contributed by atoms with Crippen LogP contribution in [0.25, 0.3) is 0 Å². The third-order valence-electron chi connectivity index (χ3n) is 4.15. The smallest absolute Gasteiger partial charge is 0.286 e. The first kappa shape index (κ1) is 22.0. The van der Waals surface area contributed by atoms with Crippen LogP contribution in [-0.2, 0) is 6.61 Å². The summed E-state index contributed by atoms with van der Waals surface area (Å²) in [5.41, 5.74) is 2.25. The second kappa shape index (κ2) is 10.4. The molecule has 1 aromatic heterocycles. The van der Waals surface area contributed by atoms with E-state index in [1.807, 2.05) is 6.92 Å². The van der Waals surface area contributed by atoms with Gasteiger partial charge in [-0.1, -0.05) is 13.0 Å². The lowest BCUT2D eigenvalue weighted by molar-refractivity contribution is -0.385. The van der Waals surface area contributed by atoms with Crippen LogP contribution in [0.2, 0.25) is 0 Å². The Labute approximate surface area is 182 Å². The molecule has 1 amide bonds. The minimum atomic E-state index is -0.649. The van der Waals surface area contributed by atoms with E-state index < -0.39 is 16.5 Å². The van der Waals surface area contributed by atoms with Crippen LogP contribution in [0.15, 0.2) is 47.3 Å². The Hall–Kier alpha value is -3.66. The number of nitrogens with one attached hydrogen (secondary N) is 1. The summed E-state index contributed by atoms with van der Waals surface area (Å²) in [5.74, 6) is 0.293. The van der Waals surface area contributed by atoms with Crippen molar-refractivity contribution < 1.29 is 23.9 Å². The van der Waals surface area contributed by atoms with Gasteiger partial charge in [-0.15, -0.1) is 11.3 Å². The van der Waals surface area contributed by atoms with E-state index in [0.717, 1.165) is 6.42 Å². The number of methoxy groups -OCH3 is 1. The van der Waals surface area contributed by atoms with E-state index in [-0.39, 0.29) is 23.7 Å². The Morgan fingerprint density at radius 3 is 2.74 bits per heavy atom. The number of nitrogens with zero attached hydrogens (tertiary/aromatic N) is 2. The molecule has 10 heteroatoms. The van der Waals surface area contributed by atoms with Crippen LogP contribution in [0.5, 0.6) is 17.2 Å². The minimum absolute atomic E-state index is 0.118. The SMILES string of the molecule is CCCOc1cccc(NC(=O)c2cc(OC)c(OCc3cscn3)cc2[N+](=O)[O-])c1. The third-order valence-corrected chi connectivity index (χ3v) is 4.78. The van der Waals surface area contributed by atoms with Gasteiger partial charge >= 0.3 is 0 Å². The first-order valence-electron chi connectivity index (χ1n) is 9.42. The molecular weight excluding hydrogens is 422 g/mol. The second-order valence-corrected chi connectivity index (χ2v) is 7.09. The lowest BCUT2D eigenvalue weighted by Crippen LogP contribution is -2.14. The Bertz CT molecular complexity index is 1060. The highest BCUT2D eigenvalue weighted by Crippen LogP contribution is 2.35. The van der Waals surface area contributed by atoms with Crippen molar-refractivity contribution in [1.82, 2.24) is 4.98 Å². The molecular formula is C21H21N3O6S. The number of amides is 1. The number of carbonyl (C=O) groups is 1. The van der Waals surface area contributed by atoms with Crippen LogP contribution >= 0.6 is 11.3 Å². The molecule has 0 saturated heterocycles.